The first-order chi connectivity index (χ1) is 16.6. The Balaban J connectivity index is 1.82. The van der Waals surface area contributed by atoms with E-state index in [9.17, 15) is 14.7 Å². The fourth-order valence-electron chi connectivity index (χ4n) is 3.49. The van der Waals surface area contributed by atoms with E-state index in [2.05, 4.69) is 17.6 Å². The number of thioether (sulfide) groups is 1. The minimum atomic E-state index is -0.512. The predicted molar refractivity (Wildman–Crippen MR) is 143 cm³/mol. The summed E-state index contributed by atoms with van der Waals surface area (Å²) in [6, 6.07) is 6.82. The third kappa shape index (κ3) is 17.6. The Hall–Kier alpha value is -1.89. The lowest BCUT2D eigenvalue weighted by Gasteiger charge is -2.07. The van der Waals surface area contributed by atoms with E-state index in [1.54, 1.807) is 24.3 Å². The molecule has 6 nitrogen and oxygen atoms in total. The largest absolute Gasteiger partial charge is 0.508 e. The molecule has 0 heterocycles. The third-order valence-electron chi connectivity index (χ3n) is 5.56. The lowest BCUT2D eigenvalue weighted by Crippen LogP contribution is -2.40. The van der Waals surface area contributed by atoms with E-state index < -0.39 is 11.8 Å². The van der Waals surface area contributed by atoms with Crippen LogP contribution < -0.4 is 15.4 Å². The quantitative estimate of drug-likeness (QED) is 0.148. The average molecular weight is 495 g/mol. The second-order valence-corrected chi connectivity index (χ2v) is 9.93. The van der Waals surface area contributed by atoms with Crippen LogP contribution in [0.4, 0.5) is 0 Å². The molecule has 0 aliphatic rings. The number of unbranched alkanes of at least 4 members (excludes halogenated alkanes) is 10. The number of rotatable bonds is 21. The highest BCUT2D eigenvalue weighted by Gasteiger charge is 2.11. The van der Waals surface area contributed by atoms with Crippen LogP contribution in [-0.4, -0.2) is 48.1 Å². The SMILES string of the molecule is CCCCCCSCCCNC(=O)C(=O)NCCCCCCCCCCOc1ccc(O)cc1. The van der Waals surface area contributed by atoms with Crippen molar-refractivity contribution in [2.24, 2.45) is 0 Å². The van der Waals surface area contributed by atoms with Crippen LogP contribution in [0.1, 0.15) is 90.4 Å². The Morgan fingerprint density at radius 1 is 0.735 bits per heavy atom. The summed E-state index contributed by atoms with van der Waals surface area (Å²) < 4.78 is 5.65. The van der Waals surface area contributed by atoms with Gasteiger partial charge >= 0.3 is 11.8 Å². The molecular formula is C27H46N2O4S. The molecule has 0 aliphatic carbocycles. The Morgan fingerprint density at radius 3 is 1.91 bits per heavy atom. The molecule has 1 rings (SSSR count). The molecule has 0 aromatic heterocycles. The van der Waals surface area contributed by atoms with Crippen LogP contribution in [0.3, 0.4) is 0 Å². The van der Waals surface area contributed by atoms with Crippen LogP contribution in [0.2, 0.25) is 0 Å². The fourth-order valence-corrected chi connectivity index (χ4v) is 4.45. The van der Waals surface area contributed by atoms with Crippen molar-refractivity contribution >= 4 is 23.6 Å². The molecule has 2 amide bonds. The number of carbonyl (C=O) groups excluding carboxylic acids is 2. The van der Waals surface area contributed by atoms with E-state index in [1.165, 1.54) is 50.7 Å². The highest BCUT2D eigenvalue weighted by atomic mass is 32.2. The van der Waals surface area contributed by atoms with Gasteiger partial charge in [0.2, 0.25) is 0 Å². The van der Waals surface area contributed by atoms with Crippen LogP contribution in [0, 0.1) is 0 Å². The summed E-state index contributed by atoms with van der Waals surface area (Å²) in [5.74, 6) is 2.24. The molecule has 0 fully saturated rings. The lowest BCUT2D eigenvalue weighted by molar-refractivity contribution is -0.139. The van der Waals surface area contributed by atoms with E-state index >= 15 is 0 Å². The molecule has 0 saturated heterocycles. The summed E-state index contributed by atoms with van der Waals surface area (Å²) in [6.07, 6.45) is 15.0. The van der Waals surface area contributed by atoms with Crippen LogP contribution in [0.5, 0.6) is 11.5 Å². The summed E-state index contributed by atoms with van der Waals surface area (Å²) in [7, 11) is 0. The topological polar surface area (TPSA) is 87.7 Å². The number of aromatic hydroxyl groups is 1. The Labute approximate surface area is 211 Å². The van der Waals surface area contributed by atoms with Gasteiger partial charge in [0.05, 0.1) is 6.61 Å². The molecule has 194 valence electrons. The zero-order chi connectivity index (χ0) is 24.7. The van der Waals surface area contributed by atoms with Gasteiger partial charge < -0.3 is 20.5 Å². The predicted octanol–water partition coefficient (Wildman–Crippen LogP) is 5.83. The van der Waals surface area contributed by atoms with Crippen molar-refractivity contribution in [1.29, 1.82) is 0 Å². The molecule has 0 saturated carbocycles. The van der Waals surface area contributed by atoms with Crippen molar-refractivity contribution in [3.8, 4) is 11.5 Å². The zero-order valence-electron chi connectivity index (χ0n) is 21.1. The maximum absolute atomic E-state index is 11.8. The minimum absolute atomic E-state index is 0.254. The number of benzene rings is 1. The number of phenols is 1. The Bertz CT molecular complexity index is 640. The average Bonchev–Trinajstić information content (AvgIpc) is 2.84. The molecule has 3 N–H and O–H groups in total. The molecule has 0 unspecified atom stereocenters. The third-order valence-corrected chi connectivity index (χ3v) is 6.72. The van der Waals surface area contributed by atoms with Gasteiger partial charge in [0.1, 0.15) is 11.5 Å². The number of nitrogens with one attached hydrogen (secondary N) is 2. The number of hydrogen-bond acceptors (Lipinski definition) is 5. The van der Waals surface area contributed by atoms with Gasteiger partial charge in [-0.2, -0.15) is 11.8 Å². The van der Waals surface area contributed by atoms with Gasteiger partial charge in [0.25, 0.3) is 0 Å². The normalized spacial score (nSPS) is 10.7. The van der Waals surface area contributed by atoms with Gasteiger partial charge in [0, 0.05) is 13.1 Å². The molecule has 7 heteroatoms. The van der Waals surface area contributed by atoms with Crippen molar-refractivity contribution in [3.63, 3.8) is 0 Å². The second-order valence-electron chi connectivity index (χ2n) is 8.71. The van der Waals surface area contributed by atoms with Gasteiger partial charge in [-0.25, -0.2) is 0 Å². The maximum Gasteiger partial charge on any atom is 0.309 e. The van der Waals surface area contributed by atoms with E-state index in [4.69, 9.17) is 4.74 Å². The number of amides is 2. The second kappa shape index (κ2) is 21.6. The highest BCUT2D eigenvalue weighted by molar-refractivity contribution is 7.99. The van der Waals surface area contributed by atoms with Gasteiger partial charge in [-0.05, 0) is 61.5 Å². The van der Waals surface area contributed by atoms with Gasteiger partial charge in [-0.1, -0.05) is 64.7 Å². The first-order valence-corrected chi connectivity index (χ1v) is 14.3. The van der Waals surface area contributed by atoms with Crippen molar-refractivity contribution in [2.75, 3.05) is 31.2 Å². The summed E-state index contributed by atoms with van der Waals surface area (Å²) >= 11 is 1.93. The summed E-state index contributed by atoms with van der Waals surface area (Å²) in [6.45, 7) is 4.05. The summed E-state index contributed by atoms with van der Waals surface area (Å²) in [5, 5.41) is 14.7. The Kier molecular flexibility index (Phi) is 19.2. The number of carbonyl (C=O) groups is 2. The molecular weight excluding hydrogens is 448 g/mol. The molecule has 0 aliphatic heterocycles. The maximum atomic E-state index is 11.8. The zero-order valence-corrected chi connectivity index (χ0v) is 21.9. The molecule has 1 aromatic rings. The monoisotopic (exact) mass is 494 g/mol. The van der Waals surface area contributed by atoms with Gasteiger partial charge in [-0.3, -0.25) is 9.59 Å². The van der Waals surface area contributed by atoms with E-state index in [1.807, 2.05) is 11.8 Å². The van der Waals surface area contributed by atoms with E-state index in [0.29, 0.717) is 19.7 Å². The van der Waals surface area contributed by atoms with Gasteiger partial charge in [0.15, 0.2) is 0 Å². The Morgan fingerprint density at radius 2 is 1.26 bits per heavy atom. The van der Waals surface area contributed by atoms with Crippen molar-refractivity contribution in [1.82, 2.24) is 10.6 Å². The fraction of sp³-hybridized carbons (Fsp3) is 0.704. The molecule has 0 bridgehead atoms. The first kappa shape index (κ1) is 30.1. The van der Waals surface area contributed by atoms with Crippen LogP contribution in [0.25, 0.3) is 0 Å². The number of phenolic OH excluding ortho intramolecular Hbond substituents is 1. The lowest BCUT2D eigenvalue weighted by atomic mass is 10.1. The molecule has 1 aromatic carbocycles. The van der Waals surface area contributed by atoms with E-state index in [0.717, 1.165) is 50.0 Å². The van der Waals surface area contributed by atoms with Crippen LogP contribution in [-0.2, 0) is 9.59 Å². The summed E-state index contributed by atoms with van der Waals surface area (Å²) in [4.78, 5) is 23.6. The van der Waals surface area contributed by atoms with Crippen LogP contribution >= 0.6 is 11.8 Å². The standard InChI is InChI=1S/C27H46N2O4S/c1-2-3-4-13-22-34-23-14-20-29-27(32)26(31)28-19-11-9-7-5-6-8-10-12-21-33-25-17-15-24(30)16-18-25/h15-18,30H,2-14,19-23H2,1H3,(H,28,31)(H,29,32). The highest BCUT2D eigenvalue weighted by Crippen LogP contribution is 2.16. The first-order valence-electron chi connectivity index (χ1n) is 13.2. The van der Waals surface area contributed by atoms with Crippen molar-refractivity contribution in [2.45, 2.75) is 90.4 Å². The smallest absolute Gasteiger partial charge is 0.309 e. The molecule has 0 radical (unpaired) electrons. The molecule has 0 spiro atoms. The molecule has 34 heavy (non-hydrogen) atoms. The van der Waals surface area contributed by atoms with Crippen molar-refractivity contribution < 1.29 is 19.4 Å². The minimum Gasteiger partial charge on any atom is -0.508 e. The number of hydrogen-bond donors (Lipinski definition) is 3. The van der Waals surface area contributed by atoms with E-state index in [-0.39, 0.29) is 5.75 Å². The number of ether oxygens (including phenoxy) is 1. The van der Waals surface area contributed by atoms with Gasteiger partial charge in [-0.15, -0.1) is 0 Å². The van der Waals surface area contributed by atoms with Crippen molar-refractivity contribution in [3.05, 3.63) is 24.3 Å². The molecule has 0 atom stereocenters. The van der Waals surface area contributed by atoms with Crippen LogP contribution in [0.15, 0.2) is 24.3 Å². The summed E-state index contributed by atoms with van der Waals surface area (Å²) in [5.41, 5.74) is 0.